The van der Waals surface area contributed by atoms with Gasteiger partial charge in [-0.15, -0.1) is 5.10 Å². The van der Waals surface area contributed by atoms with Crippen molar-refractivity contribution < 1.29 is 4.79 Å². The average Bonchev–Trinajstić information content (AvgIpc) is 3.22. The van der Waals surface area contributed by atoms with Crippen molar-refractivity contribution in [2.45, 2.75) is 62.5 Å². The highest BCUT2D eigenvalue weighted by atomic mass is 32.2. The van der Waals surface area contributed by atoms with E-state index in [0.717, 1.165) is 23.9 Å². The molecule has 2 aromatic heterocycles. The van der Waals surface area contributed by atoms with Crippen LogP contribution in [-0.2, 0) is 10.3 Å². The smallest absolute Gasteiger partial charge is 0.240 e. The summed E-state index contributed by atoms with van der Waals surface area (Å²) in [7, 11) is 0. The number of tetrazole rings is 1. The van der Waals surface area contributed by atoms with Crippen LogP contribution in [0.15, 0.2) is 29.4 Å². The molecule has 1 amide bonds. The Morgan fingerprint density at radius 3 is 2.74 bits per heavy atom. The lowest BCUT2D eigenvalue weighted by Crippen LogP contribution is -2.29. The van der Waals surface area contributed by atoms with E-state index in [9.17, 15) is 4.79 Å². The molecule has 27 heavy (non-hydrogen) atoms. The maximum absolute atomic E-state index is 12.8. The zero-order valence-corrected chi connectivity index (χ0v) is 16.7. The van der Waals surface area contributed by atoms with Crippen LogP contribution in [0, 0.1) is 0 Å². The van der Waals surface area contributed by atoms with Crippen molar-refractivity contribution in [3.63, 3.8) is 0 Å². The molecule has 1 N–H and O–H groups in total. The van der Waals surface area contributed by atoms with Gasteiger partial charge < -0.3 is 4.57 Å². The zero-order valence-electron chi connectivity index (χ0n) is 15.9. The fourth-order valence-electron chi connectivity index (χ4n) is 3.02. The normalized spacial score (nSPS) is 15.9. The minimum absolute atomic E-state index is 0.119. The van der Waals surface area contributed by atoms with E-state index in [2.05, 4.69) is 51.2 Å². The number of rotatable bonds is 5. The van der Waals surface area contributed by atoms with Gasteiger partial charge in [-0.05, 0) is 63.1 Å². The molecule has 0 bridgehead atoms. The summed E-state index contributed by atoms with van der Waals surface area (Å²) in [4.78, 5) is 17.5. The Morgan fingerprint density at radius 1 is 1.30 bits per heavy atom. The van der Waals surface area contributed by atoms with Crippen molar-refractivity contribution >= 4 is 34.7 Å². The van der Waals surface area contributed by atoms with Gasteiger partial charge in [0.15, 0.2) is 0 Å². The number of anilines is 1. The number of aromatic nitrogens is 6. The van der Waals surface area contributed by atoms with Crippen molar-refractivity contribution in [2.75, 3.05) is 5.32 Å². The zero-order chi connectivity index (χ0) is 19.2. The number of thioether (sulfide) groups is 1. The van der Waals surface area contributed by atoms with Gasteiger partial charge in [0.05, 0.1) is 22.3 Å². The summed E-state index contributed by atoms with van der Waals surface area (Å²) < 4.78 is 3.88. The number of imidazole rings is 1. The van der Waals surface area contributed by atoms with Gasteiger partial charge in [0, 0.05) is 5.54 Å². The first kappa shape index (κ1) is 18.0. The number of benzene rings is 1. The Labute approximate surface area is 161 Å². The van der Waals surface area contributed by atoms with Gasteiger partial charge in [-0.25, -0.2) is 9.67 Å². The van der Waals surface area contributed by atoms with Gasteiger partial charge in [-0.1, -0.05) is 23.9 Å². The summed E-state index contributed by atoms with van der Waals surface area (Å²) >= 11 is 1.37. The number of para-hydroxylation sites is 2. The van der Waals surface area contributed by atoms with Crippen molar-refractivity contribution in [2.24, 2.45) is 0 Å². The molecule has 1 aromatic carbocycles. The molecule has 0 aliphatic heterocycles. The van der Waals surface area contributed by atoms with E-state index in [1.807, 2.05) is 35.9 Å². The second kappa shape index (κ2) is 6.63. The van der Waals surface area contributed by atoms with Gasteiger partial charge >= 0.3 is 0 Å². The number of nitrogens with zero attached hydrogens (tertiary/aromatic N) is 6. The maximum atomic E-state index is 12.8. The second-order valence-electron chi connectivity index (χ2n) is 7.82. The Hall–Kier alpha value is -2.42. The fraction of sp³-hybridized carbons (Fsp3) is 0.500. The lowest BCUT2D eigenvalue weighted by molar-refractivity contribution is -0.115. The molecule has 1 unspecified atom stereocenters. The Bertz CT molecular complexity index is 983. The molecule has 0 spiro atoms. The van der Waals surface area contributed by atoms with Gasteiger partial charge in [0.25, 0.3) is 0 Å². The second-order valence-corrected chi connectivity index (χ2v) is 9.12. The summed E-state index contributed by atoms with van der Waals surface area (Å²) in [5, 5.41) is 15.2. The largest absolute Gasteiger partial charge is 0.305 e. The quantitative estimate of drug-likeness (QED) is 0.678. The Balaban J connectivity index is 1.56. The van der Waals surface area contributed by atoms with Crippen LogP contribution in [0.25, 0.3) is 11.0 Å². The molecule has 3 aromatic rings. The molecule has 4 rings (SSSR count). The Morgan fingerprint density at radius 2 is 2.04 bits per heavy atom. The van der Waals surface area contributed by atoms with Crippen LogP contribution in [0.4, 0.5) is 5.95 Å². The summed E-state index contributed by atoms with van der Waals surface area (Å²) in [5.41, 5.74) is 1.64. The predicted octanol–water partition coefficient (Wildman–Crippen LogP) is 3.23. The molecule has 1 aliphatic rings. The lowest BCUT2D eigenvalue weighted by atomic mass is 10.1. The topological polar surface area (TPSA) is 90.5 Å². The molecule has 0 saturated heterocycles. The molecule has 142 valence electrons. The molecular weight excluding hydrogens is 362 g/mol. The molecule has 1 fully saturated rings. The number of carbonyl (C=O) groups excluding carboxylic acids is 1. The van der Waals surface area contributed by atoms with Gasteiger partial charge in [-0.2, -0.15) is 0 Å². The number of amides is 1. The van der Waals surface area contributed by atoms with Gasteiger partial charge in [0.2, 0.25) is 17.0 Å². The van der Waals surface area contributed by atoms with Crippen molar-refractivity contribution in [3.05, 3.63) is 24.3 Å². The van der Waals surface area contributed by atoms with E-state index < -0.39 is 0 Å². The lowest BCUT2D eigenvalue weighted by Gasteiger charge is -2.25. The van der Waals surface area contributed by atoms with Crippen LogP contribution < -0.4 is 5.32 Å². The van der Waals surface area contributed by atoms with E-state index in [-0.39, 0.29) is 16.7 Å². The van der Waals surface area contributed by atoms with Crippen LogP contribution in [0.1, 0.15) is 46.6 Å². The molecule has 0 radical (unpaired) electrons. The van der Waals surface area contributed by atoms with Crippen LogP contribution in [0.5, 0.6) is 0 Å². The number of fused-ring (bicyclic) bond motifs is 1. The average molecular weight is 385 g/mol. The minimum atomic E-state index is -0.346. The van der Waals surface area contributed by atoms with E-state index >= 15 is 0 Å². The molecule has 1 atom stereocenters. The highest BCUT2D eigenvalue weighted by molar-refractivity contribution is 8.00. The van der Waals surface area contributed by atoms with E-state index in [1.165, 1.54) is 11.8 Å². The third-order valence-corrected chi connectivity index (χ3v) is 5.52. The molecule has 1 saturated carbocycles. The number of nitrogens with one attached hydrogen (secondary N) is 1. The van der Waals surface area contributed by atoms with Crippen LogP contribution in [0.3, 0.4) is 0 Å². The molecule has 9 heteroatoms. The maximum Gasteiger partial charge on any atom is 0.240 e. The van der Waals surface area contributed by atoms with Crippen molar-refractivity contribution in [1.29, 1.82) is 0 Å². The summed E-state index contributed by atoms with van der Waals surface area (Å²) in [6.45, 7) is 8.15. The van der Waals surface area contributed by atoms with Gasteiger partial charge in [-0.3, -0.25) is 10.1 Å². The number of hydrogen-bond acceptors (Lipinski definition) is 6. The van der Waals surface area contributed by atoms with Crippen LogP contribution >= 0.6 is 11.8 Å². The SMILES string of the molecule is CC(Sc1nnnn1C1CC1)C(=O)Nc1nc2ccccc2n1C(C)(C)C. The summed E-state index contributed by atoms with van der Waals surface area (Å²) in [6.07, 6.45) is 2.18. The first-order chi connectivity index (χ1) is 12.8. The predicted molar refractivity (Wildman–Crippen MR) is 105 cm³/mol. The first-order valence-electron chi connectivity index (χ1n) is 9.08. The monoisotopic (exact) mass is 385 g/mol. The number of hydrogen-bond donors (Lipinski definition) is 1. The molecule has 8 nitrogen and oxygen atoms in total. The van der Waals surface area contributed by atoms with Crippen molar-refractivity contribution in [1.82, 2.24) is 29.8 Å². The van der Waals surface area contributed by atoms with Crippen LogP contribution in [-0.4, -0.2) is 40.9 Å². The summed E-state index contributed by atoms with van der Waals surface area (Å²) in [6, 6.07) is 8.28. The third kappa shape index (κ3) is 3.55. The van der Waals surface area contributed by atoms with Gasteiger partial charge in [0.1, 0.15) is 0 Å². The standard InChI is InChI=1S/C18H23N7OS/c1-11(27-17-21-22-23-25(17)12-9-10-12)15(26)20-16-19-13-7-5-6-8-14(13)24(16)18(2,3)4/h5-8,11-12H,9-10H2,1-4H3,(H,19,20,26). The number of carbonyl (C=O) groups is 1. The highest BCUT2D eigenvalue weighted by Gasteiger charge is 2.30. The molecular formula is C18H23N7OS. The van der Waals surface area contributed by atoms with E-state index in [4.69, 9.17) is 0 Å². The third-order valence-electron chi connectivity index (χ3n) is 4.47. The first-order valence-corrected chi connectivity index (χ1v) is 9.96. The Kier molecular flexibility index (Phi) is 4.41. The summed E-state index contributed by atoms with van der Waals surface area (Å²) in [5.74, 6) is 0.439. The minimum Gasteiger partial charge on any atom is -0.305 e. The highest BCUT2D eigenvalue weighted by Crippen LogP contribution is 2.37. The van der Waals surface area contributed by atoms with Crippen LogP contribution in [0.2, 0.25) is 0 Å². The fourth-order valence-corrected chi connectivity index (χ4v) is 3.88. The molecule has 1 aliphatic carbocycles. The molecule has 2 heterocycles. The van der Waals surface area contributed by atoms with E-state index in [0.29, 0.717) is 17.1 Å². The van der Waals surface area contributed by atoms with E-state index in [1.54, 1.807) is 0 Å². The van der Waals surface area contributed by atoms with Crippen molar-refractivity contribution in [3.8, 4) is 0 Å².